The van der Waals surface area contributed by atoms with Crippen molar-refractivity contribution in [1.29, 1.82) is 0 Å². The highest BCUT2D eigenvalue weighted by Crippen LogP contribution is 2.32. The van der Waals surface area contributed by atoms with Crippen LogP contribution in [0.15, 0.2) is 0 Å². The first-order valence-electron chi connectivity index (χ1n) is 7.91. The molecule has 0 atom stereocenters. The first-order chi connectivity index (χ1) is 9.78. The van der Waals surface area contributed by atoms with E-state index < -0.39 is 0 Å². The van der Waals surface area contributed by atoms with Gasteiger partial charge in [0.2, 0.25) is 0 Å². The molecule has 5 heteroatoms. The Hall–Kier alpha value is -0.200. The highest BCUT2D eigenvalue weighted by atomic mass is 16.5. The molecule has 2 fully saturated rings. The molecule has 0 aromatic rings. The van der Waals surface area contributed by atoms with Gasteiger partial charge in [-0.1, -0.05) is 0 Å². The third kappa shape index (κ3) is 5.30. The van der Waals surface area contributed by atoms with E-state index in [2.05, 4.69) is 10.2 Å². The number of methoxy groups -OCH3 is 1. The van der Waals surface area contributed by atoms with Crippen molar-refractivity contribution in [1.82, 2.24) is 10.2 Å². The van der Waals surface area contributed by atoms with Gasteiger partial charge in [-0.3, -0.25) is 4.90 Å². The zero-order chi connectivity index (χ0) is 14.3. The van der Waals surface area contributed by atoms with Crippen LogP contribution in [0.3, 0.4) is 0 Å². The molecule has 0 radical (unpaired) electrons. The average Bonchev–Trinajstić information content (AvgIpc) is 3.28. The normalized spacial score (nSPS) is 22.4. The molecule has 2 rings (SSSR count). The first-order valence-corrected chi connectivity index (χ1v) is 7.91. The lowest BCUT2D eigenvalue weighted by Crippen LogP contribution is -2.49. The van der Waals surface area contributed by atoms with Gasteiger partial charge in [0.05, 0.1) is 13.2 Å². The lowest BCUT2D eigenvalue weighted by atomic mass is 9.79. The number of nitrogens with one attached hydrogen (secondary N) is 1. The first kappa shape index (κ1) is 16.2. The minimum Gasteiger partial charge on any atom is -0.395 e. The molecule has 2 N–H and O–H groups in total. The molecule has 0 bridgehead atoms. The number of hydrogen-bond acceptors (Lipinski definition) is 5. The van der Waals surface area contributed by atoms with Crippen LogP contribution in [0, 0.1) is 5.41 Å². The van der Waals surface area contributed by atoms with Crippen LogP contribution in [-0.4, -0.2) is 75.8 Å². The molecule has 118 valence electrons. The van der Waals surface area contributed by atoms with Crippen molar-refractivity contribution in [2.45, 2.75) is 31.7 Å². The maximum absolute atomic E-state index is 9.25. The monoisotopic (exact) mass is 286 g/mol. The van der Waals surface area contributed by atoms with E-state index in [1.54, 1.807) is 7.11 Å². The molecule has 0 amide bonds. The van der Waals surface area contributed by atoms with Crippen molar-refractivity contribution >= 4 is 0 Å². The maximum atomic E-state index is 9.25. The van der Waals surface area contributed by atoms with Gasteiger partial charge in [-0.15, -0.1) is 0 Å². The summed E-state index contributed by atoms with van der Waals surface area (Å²) < 4.78 is 10.7. The fourth-order valence-corrected chi connectivity index (χ4v) is 2.95. The predicted octanol–water partition coefficient (Wildman–Crippen LogP) is 0.476. The smallest absolute Gasteiger partial charge is 0.0589 e. The van der Waals surface area contributed by atoms with Gasteiger partial charge in [0, 0.05) is 52.5 Å². The second-order valence-electron chi connectivity index (χ2n) is 6.26. The summed E-state index contributed by atoms with van der Waals surface area (Å²) in [6.45, 7) is 6.40. The van der Waals surface area contributed by atoms with Crippen molar-refractivity contribution in [3.05, 3.63) is 0 Å². The minimum absolute atomic E-state index is 0.215. The Morgan fingerprint density at radius 2 is 2.05 bits per heavy atom. The number of ether oxygens (including phenoxy) is 2. The van der Waals surface area contributed by atoms with E-state index >= 15 is 0 Å². The molecule has 0 unspecified atom stereocenters. The van der Waals surface area contributed by atoms with Crippen LogP contribution in [-0.2, 0) is 9.47 Å². The van der Waals surface area contributed by atoms with Gasteiger partial charge in [-0.05, 0) is 31.1 Å². The van der Waals surface area contributed by atoms with Gasteiger partial charge in [0.1, 0.15) is 0 Å². The van der Waals surface area contributed by atoms with E-state index in [0.29, 0.717) is 5.41 Å². The number of aliphatic hydroxyl groups is 1. The van der Waals surface area contributed by atoms with Crippen LogP contribution >= 0.6 is 0 Å². The highest BCUT2D eigenvalue weighted by molar-refractivity contribution is 4.91. The van der Waals surface area contributed by atoms with Crippen LogP contribution in [0.4, 0.5) is 0 Å². The Morgan fingerprint density at radius 3 is 2.65 bits per heavy atom. The zero-order valence-corrected chi connectivity index (χ0v) is 12.8. The van der Waals surface area contributed by atoms with Gasteiger partial charge in [0.15, 0.2) is 0 Å². The van der Waals surface area contributed by atoms with E-state index in [1.165, 1.54) is 12.8 Å². The maximum Gasteiger partial charge on any atom is 0.0589 e. The lowest BCUT2D eigenvalue weighted by molar-refractivity contribution is -0.0101. The van der Waals surface area contributed by atoms with Gasteiger partial charge < -0.3 is 19.9 Å². The Bertz CT molecular complexity index is 266. The van der Waals surface area contributed by atoms with Gasteiger partial charge in [-0.25, -0.2) is 0 Å². The largest absolute Gasteiger partial charge is 0.395 e. The second kappa shape index (κ2) is 8.29. The molecule has 1 heterocycles. The number of hydrogen-bond donors (Lipinski definition) is 2. The summed E-state index contributed by atoms with van der Waals surface area (Å²) in [5, 5.41) is 12.9. The molecular formula is C15H30N2O3. The number of aliphatic hydroxyl groups excluding tert-OH is 1. The molecular weight excluding hydrogens is 256 g/mol. The molecule has 0 aromatic carbocycles. The summed E-state index contributed by atoms with van der Waals surface area (Å²) in [4.78, 5) is 2.34. The molecule has 1 saturated heterocycles. The Kier molecular flexibility index (Phi) is 6.71. The topological polar surface area (TPSA) is 54.0 Å². The van der Waals surface area contributed by atoms with Gasteiger partial charge in [-0.2, -0.15) is 0 Å². The second-order valence-corrected chi connectivity index (χ2v) is 6.26. The van der Waals surface area contributed by atoms with E-state index in [1.807, 2.05) is 0 Å². The molecule has 0 aromatic heterocycles. The minimum atomic E-state index is 0.215. The van der Waals surface area contributed by atoms with Crippen molar-refractivity contribution in [3.63, 3.8) is 0 Å². The Labute approximate surface area is 122 Å². The molecule has 1 aliphatic carbocycles. The fraction of sp³-hybridized carbons (Fsp3) is 1.00. The molecule has 0 spiro atoms. The predicted molar refractivity (Wildman–Crippen MR) is 78.9 cm³/mol. The SMILES string of the molecule is COCCN(CCO)CC1(CNC2CC2)CCOCC1. The van der Waals surface area contributed by atoms with Crippen molar-refractivity contribution in [2.24, 2.45) is 5.41 Å². The summed E-state index contributed by atoms with van der Waals surface area (Å²) in [6, 6.07) is 0.750. The van der Waals surface area contributed by atoms with Crippen molar-refractivity contribution in [3.8, 4) is 0 Å². The van der Waals surface area contributed by atoms with Crippen LogP contribution < -0.4 is 5.32 Å². The standard InChI is InChI=1S/C15H30N2O3/c1-19-11-7-17(6-8-18)13-15(4-9-20-10-5-15)12-16-14-2-3-14/h14,16,18H,2-13H2,1H3. The van der Waals surface area contributed by atoms with E-state index in [4.69, 9.17) is 9.47 Å². The average molecular weight is 286 g/mol. The summed E-state index contributed by atoms with van der Waals surface area (Å²) >= 11 is 0. The fourth-order valence-electron chi connectivity index (χ4n) is 2.95. The third-order valence-corrected chi connectivity index (χ3v) is 4.48. The third-order valence-electron chi connectivity index (χ3n) is 4.48. The zero-order valence-electron chi connectivity index (χ0n) is 12.8. The summed E-state index contributed by atoms with van der Waals surface area (Å²) in [5.41, 5.74) is 0.295. The summed E-state index contributed by atoms with van der Waals surface area (Å²) in [6.07, 6.45) is 4.89. The van der Waals surface area contributed by atoms with Gasteiger partial charge in [0.25, 0.3) is 0 Å². The molecule has 5 nitrogen and oxygen atoms in total. The van der Waals surface area contributed by atoms with E-state index in [0.717, 1.165) is 64.9 Å². The Balaban J connectivity index is 1.88. The quantitative estimate of drug-likeness (QED) is 0.612. The Morgan fingerprint density at radius 1 is 1.30 bits per heavy atom. The summed E-state index contributed by atoms with van der Waals surface area (Å²) in [7, 11) is 1.73. The highest BCUT2D eigenvalue weighted by Gasteiger charge is 2.35. The van der Waals surface area contributed by atoms with Crippen molar-refractivity contribution < 1.29 is 14.6 Å². The molecule has 20 heavy (non-hydrogen) atoms. The van der Waals surface area contributed by atoms with Crippen LogP contribution in [0.2, 0.25) is 0 Å². The van der Waals surface area contributed by atoms with E-state index in [-0.39, 0.29) is 6.61 Å². The van der Waals surface area contributed by atoms with Gasteiger partial charge >= 0.3 is 0 Å². The van der Waals surface area contributed by atoms with Crippen LogP contribution in [0.25, 0.3) is 0 Å². The van der Waals surface area contributed by atoms with Crippen LogP contribution in [0.1, 0.15) is 25.7 Å². The van der Waals surface area contributed by atoms with Crippen molar-refractivity contribution in [2.75, 3.05) is 59.7 Å². The molecule has 2 aliphatic rings. The number of nitrogens with zero attached hydrogens (tertiary/aromatic N) is 1. The molecule has 1 aliphatic heterocycles. The lowest BCUT2D eigenvalue weighted by Gasteiger charge is -2.41. The summed E-state index contributed by atoms with van der Waals surface area (Å²) in [5.74, 6) is 0. The molecule has 1 saturated carbocycles. The van der Waals surface area contributed by atoms with E-state index in [9.17, 15) is 5.11 Å². The van der Waals surface area contributed by atoms with Crippen LogP contribution in [0.5, 0.6) is 0 Å². The number of rotatable bonds is 10.